The number of carbonyl (C=O) groups is 2. The van der Waals surface area contributed by atoms with E-state index in [2.05, 4.69) is 15.4 Å². The molecular weight excluding hydrogens is 392 g/mol. The molecule has 10 nitrogen and oxygen atoms in total. The summed E-state index contributed by atoms with van der Waals surface area (Å²) in [5, 5.41) is 23.2. The Hall–Kier alpha value is -2.79. The highest BCUT2D eigenvalue weighted by atomic mass is 16.5. The summed E-state index contributed by atoms with van der Waals surface area (Å²) in [4.78, 5) is 32.9. The summed E-state index contributed by atoms with van der Waals surface area (Å²) in [7, 11) is 0. The van der Waals surface area contributed by atoms with Gasteiger partial charge in [0.05, 0.1) is 19.3 Å². The maximum atomic E-state index is 13.3. The number of aliphatic hydroxyl groups excluding tert-OH is 1. The van der Waals surface area contributed by atoms with Gasteiger partial charge in [0.2, 0.25) is 11.2 Å². The van der Waals surface area contributed by atoms with E-state index in [9.17, 15) is 19.8 Å². The molecule has 160 valence electrons. The van der Waals surface area contributed by atoms with Gasteiger partial charge < -0.3 is 24.7 Å². The first-order valence-electron chi connectivity index (χ1n) is 9.84. The summed E-state index contributed by atoms with van der Waals surface area (Å²) in [6, 6.07) is 3.60. The van der Waals surface area contributed by atoms with E-state index < -0.39 is 29.5 Å². The number of carbonyl (C=O) groups excluding carboxylic acids is 1. The molecule has 4 N–H and O–H groups in total. The fraction of sp³-hybridized carbons (Fsp3) is 0.450. The van der Waals surface area contributed by atoms with Crippen molar-refractivity contribution in [1.29, 1.82) is 0 Å². The Bertz CT molecular complexity index is 983. The Kier molecular flexibility index (Phi) is 5.56. The minimum absolute atomic E-state index is 0.0764. The summed E-state index contributed by atoms with van der Waals surface area (Å²) in [6.07, 6.45) is 2.18. The minimum Gasteiger partial charge on any atom is -0.480 e. The SMILES string of the molecule is CCC(O)C1(C(=O)O)C(=O)/C(=C/c2c[nH]c3ncccc23)OC1NN1CCOCC1. The van der Waals surface area contributed by atoms with Gasteiger partial charge in [0.15, 0.2) is 12.0 Å². The number of rotatable bonds is 6. The first-order chi connectivity index (χ1) is 14.5. The molecule has 2 aliphatic heterocycles. The van der Waals surface area contributed by atoms with Crippen LogP contribution >= 0.6 is 0 Å². The third-order valence-electron chi connectivity index (χ3n) is 5.60. The van der Waals surface area contributed by atoms with E-state index in [1.165, 1.54) is 6.08 Å². The molecule has 0 aromatic carbocycles. The quantitative estimate of drug-likeness (QED) is 0.392. The minimum atomic E-state index is -2.16. The average molecular weight is 416 g/mol. The van der Waals surface area contributed by atoms with Crippen LogP contribution in [0.3, 0.4) is 0 Å². The summed E-state index contributed by atoms with van der Waals surface area (Å²) in [5.74, 6) is -2.33. The maximum absolute atomic E-state index is 13.3. The number of nitrogens with zero attached hydrogens (tertiary/aromatic N) is 2. The Morgan fingerprint density at radius 3 is 2.97 bits per heavy atom. The molecule has 2 aliphatic rings. The number of ether oxygens (including phenoxy) is 2. The van der Waals surface area contributed by atoms with Crippen LogP contribution in [-0.2, 0) is 19.1 Å². The molecule has 0 aliphatic carbocycles. The van der Waals surface area contributed by atoms with E-state index in [0.717, 1.165) is 5.39 Å². The number of aliphatic hydroxyl groups is 1. The number of aromatic amines is 1. The molecule has 10 heteroatoms. The first kappa shape index (κ1) is 20.5. The lowest BCUT2D eigenvalue weighted by Crippen LogP contribution is -2.62. The summed E-state index contributed by atoms with van der Waals surface area (Å²) in [6.45, 7) is 3.56. The molecule has 3 atom stereocenters. The normalized spacial score (nSPS) is 27.5. The number of hydrazine groups is 1. The van der Waals surface area contributed by atoms with Crippen LogP contribution in [-0.4, -0.2) is 75.6 Å². The van der Waals surface area contributed by atoms with Crippen LogP contribution in [0.2, 0.25) is 0 Å². The molecule has 0 amide bonds. The zero-order valence-corrected chi connectivity index (χ0v) is 16.5. The Labute approximate surface area is 172 Å². The lowest BCUT2D eigenvalue weighted by molar-refractivity contribution is -0.172. The molecule has 30 heavy (non-hydrogen) atoms. The first-order valence-corrected chi connectivity index (χ1v) is 9.84. The van der Waals surface area contributed by atoms with Gasteiger partial charge in [0, 0.05) is 36.4 Å². The molecule has 4 heterocycles. The largest absolute Gasteiger partial charge is 0.480 e. The Morgan fingerprint density at radius 2 is 2.27 bits per heavy atom. The predicted molar refractivity (Wildman–Crippen MR) is 106 cm³/mol. The highest BCUT2D eigenvalue weighted by Crippen LogP contribution is 2.42. The van der Waals surface area contributed by atoms with Gasteiger partial charge in [0.1, 0.15) is 5.65 Å². The summed E-state index contributed by atoms with van der Waals surface area (Å²) >= 11 is 0. The number of allylic oxidation sites excluding steroid dienone is 1. The van der Waals surface area contributed by atoms with E-state index in [4.69, 9.17) is 9.47 Å². The summed E-state index contributed by atoms with van der Waals surface area (Å²) < 4.78 is 11.2. The highest BCUT2D eigenvalue weighted by molar-refractivity contribution is 6.15. The van der Waals surface area contributed by atoms with Gasteiger partial charge in [-0.2, -0.15) is 0 Å². The van der Waals surface area contributed by atoms with Crippen molar-refractivity contribution < 1.29 is 29.3 Å². The molecule has 2 fully saturated rings. The molecule has 2 aromatic rings. The molecular formula is C20H24N4O6. The summed E-state index contributed by atoms with van der Waals surface area (Å²) in [5.41, 5.74) is 2.10. The van der Waals surface area contributed by atoms with E-state index in [1.54, 1.807) is 30.4 Å². The van der Waals surface area contributed by atoms with E-state index >= 15 is 0 Å². The van der Waals surface area contributed by atoms with Crippen molar-refractivity contribution in [3.63, 3.8) is 0 Å². The predicted octanol–water partition coefficient (Wildman–Crippen LogP) is 0.508. The lowest BCUT2D eigenvalue weighted by Gasteiger charge is -2.36. The number of H-pyrrole nitrogens is 1. The van der Waals surface area contributed by atoms with Crippen LogP contribution in [0.5, 0.6) is 0 Å². The number of Topliss-reactive ketones (excluding diaryl/α,β-unsaturated/α-hetero) is 1. The molecule has 3 unspecified atom stereocenters. The van der Waals surface area contributed by atoms with Crippen molar-refractivity contribution in [2.75, 3.05) is 26.3 Å². The van der Waals surface area contributed by atoms with Crippen molar-refractivity contribution in [3.05, 3.63) is 35.8 Å². The Morgan fingerprint density at radius 1 is 1.50 bits per heavy atom. The monoisotopic (exact) mass is 416 g/mol. The van der Waals surface area contributed by atoms with Crippen LogP contribution < -0.4 is 5.43 Å². The number of hydrogen-bond acceptors (Lipinski definition) is 8. The third-order valence-corrected chi connectivity index (χ3v) is 5.60. The average Bonchev–Trinajstić information content (AvgIpc) is 3.28. The number of carboxylic acid groups (broad SMARTS) is 1. The van der Waals surface area contributed by atoms with Gasteiger partial charge in [0.25, 0.3) is 0 Å². The van der Waals surface area contributed by atoms with Crippen LogP contribution in [0.15, 0.2) is 30.3 Å². The smallest absolute Gasteiger partial charge is 0.325 e. The van der Waals surface area contributed by atoms with E-state index in [-0.39, 0.29) is 12.2 Å². The number of aliphatic carboxylic acids is 1. The van der Waals surface area contributed by atoms with Gasteiger partial charge in [-0.25, -0.2) is 15.4 Å². The number of hydrogen-bond donors (Lipinski definition) is 4. The molecule has 2 aromatic heterocycles. The molecule has 0 spiro atoms. The zero-order valence-electron chi connectivity index (χ0n) is 16.5. The fourth-order valence-electron chi connectivity index (χ4n) is 3.92. The van der Waals surface area contributed by atoms with E-state index in [0.29, 0.717) is 37.5 Å². The number of aromatic nitrogens is 2. The molecule has 0 saturated carbocycles. The van der Waals surface area contributed by atoms with Gasteiger partial charge in [-0.05, 0) is 24.6 Å². The number of carboxylic acids is 1. The van der Waals surface area contributed by atoms with Crippen molar-refractivity contribution >= 4 is 28.9 Å². The van der Waals surface area contributed by atoms with Crippen LogP contribution in [0, 0.1) is 5.41 Å². The van der Waals surface area contributed by atoms with Crippen molar-refractivity contribution in [2.45, 2.75) is 25.7 Å². The Balaban J connectivity index is 1.74. The molecule has 2 saturated heterocycles. The van der Waals surface area contributed by atoms with Gasteiger partial charge in [-0.15, -0.1) is 0 Å². The number of morpholine rings is 1. The second-order valence-electron chi connectivity index (χ2n) is 7.31. The standard InChI is InChI=1S/C20H24N4O6/c1-2-15(25)20(19(27)28)16(26)14(30-18(20)23-24-6-8-29-9-7-24)10-12-11-22-17-13(12)4-3-5-21-17/h3-5,10-11,15,18,23,25H,2,6-9H2,1H3,(H,21,22)(H,27,28)/b14-10-. The molecule has 4 rings (SSSR count). The van der Waals surface area contributed by atoms with Crippen molar-refractivity contribution in [3.8, 4) is 0 Å². The zero-order chi connectivity index (χ0) is 21.3. The van der Waals surface area contributed by atoms with Gasteiger partial charge >= 0.3 is 5.97 Å². The second kappa shape index (κ2) is 8.15. The number of nitrogens with one attached hydrogen (secondary N) is 2. The van der Waals surface area contributed by atoms with Gasteiger partial charge in [-0.1, -0.05) is 6.92 Å². The molecule has 0 bridgehead atoms. The van der Waals surface area contributed by atoms with Crippen molar-refractivity contribution in [1.82, 2.24) is 20.4 Å². The second-order valence-corrected chi connectivity index (χ2v) is 7.31. The van der Waals surface area contributed by atoms with E-state index in [1.807, 2.05) is 6.07 Å². The molecule has 0 radical (unpaired) electrons. The number of ketones is 1. The highest BCUT2D eigenvalue weighted by Gasteiger charge is 2.65. The third kappa shape index (κ3) is 3.27. The fourth-order valence-corrected chi connectivity index (χ4v) is 3.92. The van der Waals surface area contributed by atoms with Crippen LogP contribution in [0.25, 0.3) is 17.1 Å². The van der Waals surface area contributed by atoms with Gasteiger partial charge in [-0.3, -0.25) is 9.59 Å². The lowest BCUT2D eigenvalue weighted by atomic mass is 9.76. The van der Waals surface area contributed by atoms with Crippen LogP contribution in [0.4, 0.5) is 0 Å². The number of pyridine rings is 1. The maximum Gasteiger partial charge on any atom is 0.325 e. The number of fused-ring (bicyclic) bond motifs is 1. The van der Waals surface area contributed by atoms with Crippen molar-refractivity contribution in [2.24, 2.45) is 5.41 Å². The van der Waals surface area contributed by atoms with Crippen LogP contribution in [0.1, 0.15) is 18.9 Å². The topological polar surface area (TPSA) is 137 Å².